The predicted octanol–water partition coefficient (Wildman–Crippen LogP) is 5.70. The lowest BCUT2D eigenvalue weighted by molar-refractivity contribution is 0.538. The summed E-state index contributed by atoms with van der Waals surface area (Å²) in [4.78, 5) is 18.3. The fourth-order valence-corrected chi connectivity index (χ4v) is 3.63. The number of aromatic amines is 1. The van der Waals surface area contributed by atoms with Crippen LogP contribution < -0.4 is 5.69 Å². The molecule has 0 unspecified atom stereocenters. The first-order valence-electron chi connectivity index (χ1n) is 10.3. The predicted molar refractivity (Wildman–Crippen MR) is 108 cm³/mol. The standard InChI is InChI=1S/C20H33ClN4O/c1-2-3-4-5-6-7-8-9-10-11-12-13-14-15-17-18(21)19-22-16-23-20(26)25(19)24-17/h16H,2-15H2,1H3,(H,22,23,26). The molecule has 2 aromatic heterocycles. The molecule has 2 heterocycles. The second-order valence-corrected chi connectivity index (χ2v) is 7.57. The SMILES string of the molecule is CCCCCCCCCCCCCCCc1nn2c(=O)[nH]cnc2c1Cl. The monoisotopic (exact) mass is 380 g/mol. The van der Waals surface area contributed by atoms with Crippen molar-refractivity contribution < 1.29 is 0 Å². The molecule has 0 aliphatic rings. The van der Waals surface area contributed by atoms with E-state index < -0.39 is 0 Å². The summed E-state index contributed by atoms with van der Waals surface area (Å²) in [6, 6.07) is 0. The van der Waals surface area contributed by atoms with Crippen LogP contribution in [0.2, 0.25) is 5.02 Å². The van der Waals surface area contributed by atoms with Crippen molar-refractivity contribution in [2.45, 2.75) is 96.8 Å². The lowest BCUT2D eigenvalue weighted by atomic mass is 10.0. The van der Waals surface area contributed by atoms with Gasteiger partial charge in [-0.3, -0.25) is 4.98 Å². The van der Waals surface area contributed by atoms with Gasteiger partial charge in [-0.2, -0.15) is 9.61 Å². The van der Waals surface area contributed by atoms with E-state index in [9.17, 15) is 4.79 Å². The third-order valence-corrected chi connectivity index (χ3v) is 5.34. The maximum atomic E-state index is 11.7. The minimum absolute atomic E-state index is 0.298. The Hall–Kier alpha value is -1.36. The number of halogens is 1. The van der Waals surface area contributed by atoms with Gasteiger partial charge in [0.2, 0.25) is 0 Å². The molecule has 1 N–H and O–H groups in total. The highest BCUT2D eigenvalue weighted by Crippen LogP contribution is 2.21. The first kappa shape index (κ1) is 20.9. The van der Waals surface area contributed by atoms with E-state index in [1.165, 1.54) is 87.9 Å². The van der Waals surface area contributed by atoms with Gasteiger partial charge in [-0.05, 0) is 12.8 Å². The van der Waals surface area contributed by atoms with Gasteiger partial charge in [0.25, 0.3) is 0 Å². The normalized spacial score (nSPS) is 11.5. The zero-order valence-electron chi connectivity index (χ0n) is 16.1. The van der Waals surface area contributed by atoms with Gasteiger partial charge in [-0.1, -0.05) is 95.6 Å². The molecule has 5 nitrogen and oxygen atoms in total. The van der Waals surface area contributed by atoms with Crippen LogP contribution in [0.4, 0.5) is 0 Å². The summed E-state index contributed by atoms with van der Waals surface area (Å²) in [6.07, 6.45) is 19.5. The molecule has 2 aromatic rings. The van der Waals surface area contributed by atoms with Crippen molar-refractivity contribution in [3.63, 3.8) is 0 Å². The molecule has 0 saturated carbocycles. The molecule has 0 saturated heterocycles. The van der Waals surface area contributed by atoms with Crippen LogP contribution in [0.15, 0.2) is 11.1 Å². The van der Waals surface area contributed by atoms with E-state index in [0.29, 0.717) is 10.7 Å². The molecule has 0 aliphatic carbocycles. The highest BCUT2D eigenvalue weighted by atomic mass is 35.5. The third-order valence-electron chi connectivity index (χ3n) is 4.96. The largest absolute Gasteiger partial charge is 0.349 e. The van der Waals surface area contributed by atoms with Gasteiger partial charge in [0, 0.05) is 0 Å². The molecule has 0 bridgehead atoms. The summed E-state index contributed by atoms with van der Waals surface area (Å²) in [5.41, 5.74) is 0.924. The van der Waals surface area contributed by atoms with Gasteiger partial charge in [-0.25, -0.2) is 9.78 Å². The molecule has 2 rings (SSSR count). The first-order valence-corrected chi connectivity index (χ1v) is 10.7. The van der Waals surface area contributed by atoms with E-state index in [1.807, 2.05) is 0 Å². The third kappa shape index (κ3) is 6.75. The highest BCUT2D eigenvalue weighted by Gasteiger charge is 2.12. The molecule has 6 heteroatoms. The van der Waals surface area contributed by atoms with Gasteiger partial charge in [0.1, 0.15) is 5.02 Å². The summed E-state index contributed by atoms with van der Waals surface area (Å²) in [5, 5.41) is 4.79. The van der Waals surface area contributed by atoms with Crippen molar-refractivity contribution in [2.75, 3.05) is 0 Å². The molecule has 0 radical (unpaired) electrons. The van der Waals surface area contributed by atoms with Crippen molar-refractivity contribution in [2.24, 2.45) is 0 Å². The smallest absolute Gasteiger partial charge is 0.296 e. The van der Waals surface area contributed by atoms with Gasteiger partial charge >= 0.3 is 5.69 Å². The fourth-order valence-electron chi connectivity index (χ4n) is 3.37. The number of fused-ring (bicyclic) bond motifs is 1. The van der Waals surface area contributed by atoms with Crippen molar-refractivity contribution in [3.8, 4) is 0 Å². The number of unbranched alkanes of at least 4 members (excludes halogenated alkanes) is 12. The maximum Gasteiger partial charge on any atom is 0.349 e. The van der Waals surface area contributed by atoms with Crippen molar-refractivity contribution in [3.05, 3.63) is 27.5 Å². The summed E-state index contributed by atoms with van der Waals surface area (Å²) < 4.78 is 1.25. The molecule has 0 amide bonds. The number of hydrogen-bond acceptors (Lipinski definition) is 3. The van der Waals surface area contributed by atoms with Crippen molar-refractivity contribution in [1.29, 1.82) is 0 Å². The van der Waals surface area contributed by atoms with Gasteiger partial charge in [0.05, 0.1) is 12.0 Å². The Labute approximate surface area is 161 Å². The van der Waals surface area contributed by atoms with E-state index in [0.717, 1.165) is 18.5 Å². The molecule has 0 aliphatic heterocycles. The molecule has 26 heavy (non-hydrogen) atoms. The number of H-pyrrole nitrogens is 1. The average Bonchev–Trinajstić information content (AvgIpc) is 2.97. The van der Waals surface area contributed by atoms with Crippen LogP contribution in [-0.4, -0.2) is 19.6 Å². The van der Waals surface area contributed by atoms with Crippen molar-refractivity contribution in [1.82, 2.24) is 19.6 Å². The molecule has 0 fully saturated rings. The van der Waals surface area contributed by atoms with Crippen LogP contribution in [0.25, 0.3) is 5.65 Å². The zero-order valence-corrected chi connectivity index (χ0v) is 16.9. The number of hydrogen-bond donors (Lipinski definition) is 1. The molecule has 0 aromatic carbocycles. The van der Waals surface area contributed by atoms with Crippen LogP contribution in [0.3, 0.4) is 0 Å². The Balaban J connectivity index is 1.50. The van der Waals surface area contributed by atoms with E-state index in [2.05, 4.69) is 22.0 Å². The van der Waals surface area contributed by atoms with Crippen LogP contribution in [-0.2, 0) is 6.42 Å². The summed E-state index contributed by atoms with van der Waals surface area (Å²) >= 11 is 6.28. The fraction of sp³-hybridized carbons (Fsp3) is 0.750. The molecular formula is C20H33ClN4O. The van der Waals surface area contributed by atoms with E-state index in [4.69, 9.17) is 11.6 Å². The lowest BCUT2D eigenvalue weighted by Crippen LogP contribution is -2.17. The molecule has 0 atom stereocenters. The number of nitrogens with one attached hydrogen (secondary N) is 1. The van der Waals surface area contributed by atoms with Crippen LogP contribution in [0, 0.1) is 0 Å². The highest BCUT2D eigenvalue weighted by molar-refractivity contribution is 6.34. The topological polar surface area (TPSA) is 63.1 Å². The van der Waals surface area contributed by atoms with Crippen LogP contribution in [0.1, 0.15) is 96.1 Å². The zero-order chi connectivity index (χ0) is 18.6. The van der Waals surface area contributed by atoms with Crippen LogP contribution >= 0.6 is 11.6 Å². The van der Waals surface area contributed by atoms with Crippen LogP contribution in [0.5, 0.6) is 0 Å². The molecule has 0 spiro atoms. The average molecular weight is 381 g/mol. The number of aryl methyl sites for hydroxylation is 1. The lowest BCUT2D eigenvalue weighted by Gasteiger charge is -2.03. The quantitative estimate of drug-likeness (QED) is 0.427. The summed E-state index contributed by atoms with van der Waals surface area (Å²) in [6.45, 7) is 2.27. The molecular weight excluding hydrogens is 348 g/mol. The molecule has 146 valence electrons. The van der Waals surface area contributed by atoms with E-state index in [1.54, 1.807) is 0 Å². The Morgan fingerprint density at radius 1 is 0.923 bits per heavy atom. The van der Waals surface area contributed by atoms with E-state index in [-0.39, 0.29) is 5.69 Å². The number of aromatic nitrogens is 4. The summed E-state index contributed by atoms with van der Waals surface area (Å²) in [5.74, 6) is 0. The minimum atomic E-state index is -0.298. The maximum absolute atomic E-state index is 11.7. The van der Waals surface area contributed by atoms with Gasteiger partial charge in [-0.15, -0.1) is 0 Å². The van der Waals surface area contributed by atoms with Crippen molar-refractivity contribution >= 4 is 17.2 Å². The minimum Gasteiger partial charge on any atom is -0.296 e. The Kier molecular flexibility index (Phi) is 9.75. The van der Waals surface area contributed by atoms with Gasteiger partial charge in [0.15, 0.2) is 5.65 Å². The number of nitrogens with zero attached hydrogens (tertiary/aromatic N) is 3. The Morgan fingerprint density at radius 2 is 1.46 bits per heavy atom. The first-order chi connectivity index (χ1) is 12.7. The Bertz CT molecular complexity index is 695. The van der Waals surface area contributed by atoms with Gasteiger partial charge < -0.3 is 0 Å². The number of rotatable bonds is 14. The second kappa shape index (κ2) is 12.1. The second-order valence-electron chi connectivity index (χ2n) is 7.20. The summed E-state index contributed by atoms with van der Waals surface area (Å²) in [7, 11) is 0. The Morgan fingerprint density at radius 3 is 2.00 bits per heavy atom. The van der Waals surface area contributed by atoms with E-state index >= 15 is 0 Å².